The first kappa shape index (κ1) is 18.6. The lowest BCUT2D eigenvalue weighted by atomic mass is 10.2. The maximum Gasteiger partial charge on any atom is 0.281 e. The van der Waals surface area contributed by atoms with E-state index in [0.29, 0.717) is 28.7 Å². The quantitative estimate of drug-likeness (QED) is 0.426. The van der Waals surface area contributed by atoms with Crippen LogP contribution in [0.25, 0.3) is 40.0 Å². The normalized spacial score (nSPS) is 10.9. The maximum atomic E-state index is 14.5. The number of benzene rings is 2. The Morgan fingerprint density at radius 3 is 2.68 bits per heavy atom. The van der Waals surface area contributed by atoms with Gasteiger partial charge in [-0.1, -0.05) is 40.7 Å². The van der Waals surface area contributed by atoms with Crippen LogP contribution in [0, 0.1) is 5.82 Å². The van der Waals surface area contributed by atoms with Crippen LogP contribution in [-0.2, 0) is 0 Å². The SMILES string of the molecule is COc1cccc(-c2noc(-c3nnn(-c4ccccc4F)c3-c3ccccn3)n2)c1. The van der Waals surface area contributed by atoms with Crippen molar-refractivity contribution in [1.29, 1.82) is 0 Å². The molecule has 0 aliphatic carbocycles. The number of aromatic nitrogens is 6. The highest BCUT2D eigenvalue weighted by Gasteiger charge is 2.25. The number of hydrogen-bond donors (Lipinski definition) is 0. The lowest BCUT2D eigenvalue weighted by Gasteiger charge is -2.07. The maximum absolute atomic E-state index is 14.5. The molecule has 0 spiro atoms. The van der Waals surface area contributed by atoms with Gasteiger partial charge in [0.05, 0.1) is 12.8 Å². The van der Waals surface area contributed by atoms with Crippen LogP contribution < -0.4 is 4.74 Å². The monoisotopic (exact) mass is 414 g/mol. The van der Waals surface area contributed by atoms with Crippen LogP contribution >= 0.6 is 0 Å². The molecule has 31 heavy (non-hydrogen) atoms. The third-order valence-corrected chi connectivity index (χ3v) is 4.61. The van der Waals surface area contributed by atoms with Crippen molar-refractivity contribution in [3.8, 4) is 45.8 Å². The lowest BCUT2D eigenvalue weighted by molar-refractivity contribution is 0.414. The van der Waals surface area contributed by atoms with Gasteiger partial charge in [0.1, 0.15) is 22.9 Å². The molecule has 0 unspecified atom stereocenters. The third-order valence-electron chi connectivity index (χ3n) is 4.61. The van der Waals surface area contributed by atoms with Gasteiger partial charge in [-0.2, -0.15) is 4.98 Å². The number of ether oxygens (including phenoxy) is 1. The average Bonchev–Trinajstić information content (AvgIpc) is 3.47. The van der Waals surface area contributed by atoms with E-state index in [-0.39, 0.29) is 11.6 Å². The van der Waals surface area contributed by atoms with Gasteiger partial charge in [0.2, 0.25) is 5.82 Å². The van der Waals surface area contributed by atoms with Gasteiger partial charge in [-0.15, -0.1) is 5.10 Å². The van der Waals surface area contributed by atoms with Crippen molar-refractivity contribution in [3.63, 3.8) is 0 Å². The van der Waals surface area contributed by atoms with Crippen LogP contribution in [0.4, 0.5) is 4.39 Å². The molecule has 2 aromatic carbocycles. The van der Waals surface area contributed by atoms with Gasteiger partial charge >= 0.3 is 0 Å². The highest BCUT2D eigenvalue weighted by Crippen LogP contribution is 2.32. The molecule has 8 nitrogen and oxygen atoms in total. The highest BCUT2D eigenvalue weighted by molar-refractivity contribution is 5.74. The molecule has 3 heterocycles. The van der Waals surface area contributed by atoms with Crippen molar-refractivity contribution >= 4 is 0 Å². The van der Waals surface area contributed by atoms with E-state index in [0.717, 1.165) is 5.56 Å². The predicted molar refractivity (Wildman–Crippen MR) is 110 cm³/mol. The van der Waals surface area contributed by atoms with Gasteiger partial charge in [-0.05, 0) is 36.4 Å². The predicted octanol–water partition coefficient (Wildman–Crippen LogP) is 4.19. The van der Waals surface area contributed by atoms with Crippen molar-refractivity contribution in [1.82, 2.24) is 30.1 Å². The summed E-state index contributed by atoms with van der Waals surface area (Å²) in [6.07, 6.45) is 1.63. The first-order valence-electron chi connectivity index (χ1n) is 9.35. The van der Waals surface area contributed by atoms with Crippen LogP contribution in [-0.4, -0.2) is 37.2 Å². The molecule has 5 rings (SSSR count). The minimum Gasteiger partial charge on any atom is -0.497 e. The fourth-order valence-corrected chi connectivity index (χ4v) is 3.15. The topological polar surface area (TPSA) is 91.8 Å². The number of pyridine rings is 1. The smallest absolute Gasteiger partial charge is 0.281 e. The fraction of sp³-hybridized carbons (Fsp3) is 0.0455. The standard InChI is InChI=1S/C22H15FN6O2/c1-30-15-8-6-7-14(13-15)21-25-22(31-27-21)19-20(17-10-4-5-12-24-17)29(28-26-19)18-11-3-2-9-16(18)23/h2-13H,1H3. The van der Waals surface area contributed by atoms with Crippen LogP contribution in [0.2, 0.25) is 0 Å². The molecule has 9 heteroatoms. The fourth-order valence-electron chi connectivity index (χ4n) is 3.15. The van der Waals surface area contributed by atoms with Gasteiger partial charge in [0.25, 0.3) is 5.89 Å². The van der Waals surface area contributed by atoms with E-state index < -0.39 is 5.82 Å². The molecular formula is C22H15FN6O2. The summed E-state index contributed by atoms with van der Waals surface area (Å²) in [5.41, 5.74) is 2.21. The Kier molecular flexibility index (Phi) is 4.68. The van der Waals surface area contributed by atoms with E-state index in [2.05, 4.69) is 25.4 Å². The summed E-state index contributed by atoms with van der Waals surface area (Å²) in [6.45, 7) is 0. The summed E-state index contributed by atoms with van der Waals surface area (Å²) in [5.74, 6) is 0.727. The van der Waals surface area contributed by atoms with Gasteiger partial charge in [-0.3, -0.25) is 4.98 Å². The molecule has 0 bridgehead atoms. The summed E-state index contributed by atoms with van der Waals surface area (Å²) >= 11 is 0. The number of methoxy groups -OCH3 is 1. The zero-order chi connectivity index (χ0) is 21.2. The molecular weight excluding hydrogens is 399 g/mol. The van der Waals surface area contributed by atoms with E-state index in [1.807, 2.05) is 24.3 Å². The van der Waals surface area contributed by atoms with Gasteiger partial charge in [0.15, 0.2) is 5.69 Å². The first-order valence-corrected chi connectivity index (χ1v) is 9.35. The summed E-state index contributed by atoms with van der Waals surface area (Å²) in [4.78, 5) is 8.85. The minimum absolute atomic E-state index is 0.140. The summed E-state index contributed by atoms with van der Waals surface area (Å²) in [7, 11) is 1.58. The van der Waals surface area contributed by atoms with Crippen LogP contribution in [0.15, 0.2) is 77.4 Å². The Balaban J connectivity index is 1.65. The van der Waals surface area contributed by atoms with E-state index >= 15 is 0 Å². The summed E-state index contributed by atoms with van der Waals surface area (Å²) in [5, 5.41) is 12.4. The molecule has 0 aliphatic rings. The molecule has 0 saturated heterocycles. The second kappa shape index (κ2) is 7.79. The van der Waals surface area contributed by atoms with E-state index in [1.165, 1.54) is 10.7 Å². The van der Waals surface area contributed by atoms with Crippen molar-refractivity contribution in [3.05, 3.63) is 78.7 Å². The molecule has 0 aliphatic heterocycles. The first-order chi connectivity index (χ1) is 15.2. The van der Waals surface area contributed by atoms with Crippen molar-refractivity contribution < 1.29 is 13.7 Å². The Bertz CT molecular complexity index is 1350. The summed E-state index contributed by atoms with van der Waals surface area (Å²) in [6, 6.07) is 19.0. The van der Waals surface area contributed by atoms with E-state index in [9.17, 15) is 4.39 Å². The second-order valence-electron chi connectivity index (χ2n) is 6.52. The zero-order valence-corrected chi connectivity index (χ0v) is 16.3. The molecule has 0 amide bonds. The molecule has 0 saturated carbocycles. The van der Waals surface area contributed by atoms with Crippen molar-refractivity contribution in [2.75, 3.05) is 7.11 Å². The Labute approximate surface area is 176 Å². The Morgan fingerprint density at radius 2 is 1.87 bits per heavy atom. The second-order valence-corrected chi connectivity index (χ2v) is 6.52. The molecule has 0 N–H and O–H groups in total. The van der Waals surface area contributed by atoms with Gasteiger partial charge in [0, 0.05) is 11.8 Å². The van der Waals surface area contributed by atoms with E-state index in [4.69, 9.17) is 9.26 Å². The van der Waals surface area contributed by atoms with E-state index in [1.54, 1.807) is 49.7 Å². The largest absolute Gasteiger partial charge is 0.497 e. The molecule has 152 valence electrons. The molecule has 3 aromatic heterocycles. The van der Waals surface area contributed by atoms with Crippen molar-refractivity contribution in [2.45, 2.75) is 0 Å². The Hall–Kier alpha value is -4.40. The number of rotatable bonds is 5. The molecule has 0 radical (unpaired) electrons. The van der Waals surface area contributed by atoms with Gasteiger partial charge in [-0.25, -0.2) is 9.07 Å². The number of nitrogens with zero attached hydrogens (tertiary/aromatic N) is 6. The molecule has 5 aromatic rings. The zero-order valence-electron chi connectivity index (χ0n) is 16.3. The van der Waals surface area contributed by atoms with Gasteiger partial charge < -0.3 is 9.26 Å². The van der Waals surface area contributed by atoms with Crippen molar-refractivity contribution in [2.24, 2.45) is 0 Å². The number of hydrogen-bond acceptors (Lipinski definition) is 7. The average molecular weight is 414 g/mol. The molecule has 0 fully saturated rings. The number of para-hydroxylation sites is 1. The number of halogens is 1. The van der Waals surface area contributed by atoms with Crippen LogP contribution in [0.5, 0.6) is 5.75 Å². The van der Waals surface area contributed by atoms with Crippen LogP contribution in [0.3, 0.4) is 0 Å². The summed E-state index contributed by atoms with van der Waals surface area (Å²) < 4.78 is 26.6. The van der Waals surface area contributed by atoms with Crippen LogP contribution in [0.1, 0.15) is 0 Å². The Morgan fingerprint density at radius 1 is 1.00 bits per heavy atom. The minimum atomic E-state index is -0.446. The molecule has 0 atom stereocenters. The highest BCUT2D eigenvalue weighted by atomic mass is 19.1. The third kappa shape index (κ3) is 3.42. The lowest BCUT2D eigenvalue weighted by Crippen LogP contribution is -2.03.